The average Bonchev–Trinajstić information content (AvgIpc) is 2.37. The van der Waals surface area contributed by atoms with Crippen LogP contribution in [0.2, 0.25) is 0 Å². The van der Waals surface area contributed by atoms with E-state index in [0.717, 1.165) is 12.1 Å². The van der Waals surface area contributed by atoms with Gasteiger partial charge in [-0.15, -0.1) is 0 Å². The second kappa shape index (κ2) is 4.43. The Morgan fingerprint density at radius 2 is 1.95 bits per heavy atom. The lowest BCUT2D eigenvalue weighted by Gasteiger charge is -2.11. The fourth-order valence-corrected chi connectivity index (χ4v) is 1.88. The smallest absolute Gasteiger partial charge is 0.416 e. The summed E-state index contributed by atoms with van der Waals surface area (Å²) in [6.45, 7) is 1.58. The van der Waals surface area contributed by atoms with Crippen molar-refractivity contribution in [2.75, 3.05) is 7.11 Å². The van der Waals surface area contributed by atoms with E-state index >= 15 is 0 Å². The third-order valence-corrected chi connectivity index (χ3v) is 2.79. The molecule has 0 saturated carbocycles. The summed E-state index contributed by atoms with van der Waals surface area (Å²) < 4.78 is 43.0. The number of aromatic nitrogens is 1. The van der Waals surface area contributed by atoms with Crippen molar-refractivity contribution < 1.29 is 17.9 Å². The number of benzene rings is 1. The Balaban J connectivity index is 2.83. The van der Waals surface area contributed by atoms with Gasteiger partial charge in [0.2, 0.25) is 5.88 Å². The number of methoxy groups -OCH3 is 1. The molecule has 3 nitrogen and oxygen atoms in total. The summed E-state index contributed by atoms with van der Waals surface area (Å²) >= 11 is 0. The van der Waals surface area contributed by atoms with Crippen LogP contribution in [0.1, 0.15) is 16.8 Å². The Labute approximate surface area is 107 Å². The van der Waals surface area contributed by atoms with Gasteiger partial charge in [-0.1, -0.05) is 6.07 Å². The largest absolute Gasteiger partial charge is 0.480 e. The molecule has 0 bridgehead atoms. The number of rotatable bonds is 1. The summed E-state index contributed by atoms with van der Waals surface area (Å²) in [7, 11) is 1.36. The van der Waals surface area contributed by atoms with Crippen LogP contribution in [-0.2, 0) is 6.18 Å². The molecule has 0 atom stereocenters. The topological polar surface area (TPSA) is 45.9 Å². The Bertz CT molecular complexity index is 687. The number of ether oxygens (including phenoxy) is 1. The van der Waals surface area contributed by atoms with Crippen LogP contribution in [0.3, 0.4) is 0 Å². The maximum absolute atomic E-state index is 12.7. The van der Waals surface area contributed by atoms with Gasteiger partial charge in [-0.05, 0) is 19.1 Å². The Hall–Kier alpha value is -2.29. The van der Waals surface area contributed by atoms with Crippen molar-refractivity contribution in [3.8, 4) is 11.9 Å². The van der Waals surface area contributed by atoms with Crippen LogP contribution < -0.4 is 4.74 Å². The first-order valence-electron chi connectivity index (χ1n) is 5.34. The van der Waals surface area contributed by atoms with Gasteiger partial charge < -0.3 is 4.74 Å². The van der Waals surface area contributed by atoms with E-state index in [9.17, 15) is 13.2 Å². The number of hydrogen-bond acceptors (Lipinski definition) is 3. The molecule has 0 spiro atoms. The van der Waals surface area contributed by atoms with Crippen molar-refractivity contribution in [1.29, 1.82) is 5.26 Å². The molecule has 98 valence electrons. The molecule has 0 radical (unpaired) electrons. The summed E-state index contributed by atoms with van der Waals surface area (Å²) in [4.78, 5) is 4.00. The molecule has 0 aliphatic carbocycles. The first-order valence-corrected chi connectivity index (χ1v) is 5.34. The molecule has 1 aromatic heterocycles. The van der Waals surface area contributed by atoms with Gasteiger partial charge in [0.15, 0.2) is 0 Å². The van der Waals surface area contributed by atoms with E-state index in [1.54, 1.807) is 6.92 Å². The van der Waals surface area contributed by atoms with E-state index in [-0.39, 0.29) is 11.4 Å². The molecule has 6 heteroatoms. The van der Waals surface area contributed by atoms with E-state index in [2.05, 4.69) is 4.98 Å². The van der Waals surface area contributed by atoms with E-state index in [1.165, 1.54) is 13.2 Å². The van der Waals surface area contributed by atoms with E-state index < -0.39 is 11.7 Å². The number of pyridine rings is 1. The van der Waals surface area contributed by atoms with Gasteiger partial charge >= 0.3 is 6.18 Å². The highest BCUT2D eigenvalue weighted by Gasteiger charge is 2.31. The second-order valence-corrected chi connectivity index (χ2v) is 3.95. The van der Waals surface area contributed by atoms with Crippen LogP contribution in [0, 0.1) is 18.3 Å². The molecular weight excluding hydrogens is 257 g/mol. The van der Waals surface area contributed by atoms with Crippen LogP contribution in [0.4, 0.5) is 13.2 Å². The number of aryl methyl sites for hydroxylation is 1. The van der Waals surface area contributed by atoms with Gasteiger partial charge in [0.25, 0.3) is 0 Å². The fraction of sp³-hybridized carbons (Fsp3) is 0.231. The third kappa shape index (κ3) is 2.19. The fourth-order valence-electron chi connectivity index (χ4n) is 1.88. The molecule has 0 fully saturated rings. The minimum absolute atomic E-state index is 0.118. The number of fused-ring (bicyclic) bond motifs is 1. The molecule has 19 heavy (non-hydrogen) atoms. The summed E-state index contributed by atoms with van der Waals surface area (Å²) in [5, 5.41) is 9.78. The van der Waals surface area contributed by atoms with Crippen LogP contribution in [0.15, 0.2) is 18.2 Å². The van der Waals surface area contributed by atoms with Crippen molar-refractivity contribution in [2.45, 2.75) is 13.1 Å². The Morgan fingerprint density at radius 1 is 1.26 bits per heavy atom. The van der Waals surface area contributed by atoms with Crippen LogP contribution in [0.25, 0.3) is 10.8 Å². The summed E-state index contributed by atoms with van der Waals surface area (Å²) in [5.41, 5.74) is -0.243. The SMILES string of the molecule is COc1nc(C)c2cc(C(F)(F)F)ccc2c1C#N. The van der Waals surface area contributed by atoms with E-state index in [0.29, 0.717) is 16.5 Å². The maximum Gasteiger partial charge on any atom is 0.416 e. The molecule has 2 aromatic rings. The Kier molecular flexibility index (Phi) is 3.06. The molecule has 1 aromatic carbocycles. The van der Waals surface area contributed by atoms with Gasteiger partial charge in [0.05, 0.1) is 12.7 Å². The Morgan fingerprint density at radius 3 is 2.47 bits per heavy atom. The van der Waals surface area contributed by atoms with E-state index in [1.807, 2.05) is 6.07 Å². The van der Waals surface area contributed by atoms with Crippen LogP contribution in [0.5, 0.6) is 5.88 Å². The van der Waals surface area contributed by atoms with Crippen LogP contribution >= 0.6 is 0 Å². The molecule has 0 N–H and O–H groups in total. The lowest BCUT2D eigenvalue weighted by molar-refractivity contribution is -0.137. The number of nitriles is 1. The standard InChI is InChI=1S/C13H9F3N2O/c1-7-10-5-8(13(14,15)16)3-4-9(10)11(6-17)12(18-7)19-2/h3-5H,1-2H3. The molecular formula is C13H9F3N2O. The summed E-state index contributed by atoms with van der Waals surface area (Å²) in [6.07, 6.45) is -4.42. The average molecular weight is 266 g/mol. The van der Waals surface area contributed by atoms with Gasteiger partial charge in [0.1, 0.15) is 11.6 Å². The van der Waals surface area contributed by atoms with Crippen molar-refractivity contribution >= 4 is 10.8 Å². The van der Waals surface area contributed by atoms with Gasteiger partial charge in [0, 0.05) is 16.5 Å². The first-order chi connectivity index (χ1) is 8.88. The normalized spacial score (nSPS) is 11.4. The lowest BCUT2D eigenvalue weighted by Crippen LogP contribution is -2.05. The first kappa shape index (κ1) is 13.1. The lowest BCUT2D eigenvalue weighted by atomic mass is 10.0. The molecule has 1 heterocycles. The van der Waals surface area contributed by atoms with Gasteiger partial charge in [-0.2, -0.15) is 18.4 Å². The number of alkyl halides is 3. The van der Waals surface area contributed by atoms with Crippen LogP contribution in [-0.4, -0.2) is 12.1 Å². The second-order valence-electron chi connectivity index (χ2n) is 3.95. The van der Waals surface area contributed by atoms with Crippen molar-refractivity contribution in [3.05, 3.63) is 35.0 Å². The zero-order valence-corrected chi connectivity index (χ0v) is 10.2. The van der Waals surface area contributed by atoms with Crippen molar-refractivity contribution in [3.63, 3.8) is 0 Å². The van der Waals surface area contributed by atoms with Crippen molar-refractivity contribution in [1.82, 2.24) is 4.98 Å². The number of nitrogens with zero attached hydrogens (tertiary/aromatic N) is 2. The van der Waals surface area contributed by atoms with E-state index in [4.69, 9.17) is 10.00 Å². The monoisotopic (exact) mass is 266 g/mol. The minimum Gasteiger partial charge on any atom is -0.480 e. The predicted octanol–water partition coefficient (Wildman–Crippen LogP) is 3.44. The highest BCUT2D eigenvalue weighted by molar-refractivity contribution is 5.91. The quantitative estimate of drug-likeness (QED) is 0.794. The number of hydrogen-bond donors (Lipinski definition) is 0. The predicted molar refractivity (Wildman–Crippen MR) is 62.7 cm³/mol. The zero-order valence-electron chi connectivity index (χ0n) is 10.2. The molecule has 0 aliphatic heterocycles. The molecule has 0 aliphatic rings. The minimum atomic E-state index is -4.42. The highest BCUT2D eigenvalue weighted by Crippen LogP contribution is 2.34. The highest BCUT2D eigenvalue weighted by atomic mass is 19.4. The third-order valence-electron chi connectivity index (χ3n) is 2.79. The van der Waals surface area contributed by atoms with Gasteiger partial charge in [-0.3, -0.25) is 0 Å². The molecule has 0 saturated heterocycles. The van der Waals surface area contributed by atoms with Gasteiger partial charge in [-0.25, -0.2) is 4.98 Å². The molecule has 0 amide bonds. The molecule has 0 unspecified atom stereocenters. The number of halogens is 3. The summed E-state index contributed by atoms with van der Waals surface area (Å²) in [5.74, 6) is 0.118. The summed E-state index contributed by atoms with van der Waals surface area (Å²) in [6, 6.07) is 5.12. The molecule has 2 rings (SSSR count). The zero-order chi connectivity index (χ0) is 14.2. The maximum atomic E-state index is 12.7. The van der Waals surface area contributed by atoms with Crippen molar-refractivity contribution in [2.24, 2.45) is 0 Å².